The third-order valence-electron chi connectivity index (χ3n) is 3.81. The van der Waals surface area contributed by atoms with Crippen molar-refractivity contribution >= 4 is 33.0 Å². The van der Waals surface area contributed by atoms with Crippen LogP contribution in [0.5, 0.6) is 0 Å². The Morgan fingerprint density at radius 3 is 2.42 bits per heavy atom. The largest absolute Gasteiger partial charge is 0.362 e. The van der Waals surface area contributed by atoms with Gasteiger partial charge in [0, 0.05) is 25.3 Å². The van der Waals surface area contributed by atoms with Crippen molar-refractivity contribution in [2.24, 2.45) is 5.92 Å². The Kier molecular flexibility index (Phi) is 8.12. The van der Waals surface area contributed by atoms with Crippen molar-refractivity contribution in [2.75, 3.05) is 25.0 Å². The summed E-state index contributed by atoms with van der Waals surface area (Å²) in [6.45, 7) is 11.6. The van der Waals surface area contributed by atoms with Crippen molar-refractivity contribution in [3.05, 3.63) is 23.8 Å². The molecule has 1 aromatic carbocycles. The van der Waals surface area contributed by atoms with Crippen LogP contribution in [0.3, 0.4) is 0 Å². The Morgan fingerprint density at radius 2 is 1.88 bits per heavy atom. The van der Waals surface area contributed by atoms with Crippen molar-refractivity contribution in [1.29, 1.82) is 0 Å². The molecular formula is C17H29N3O2S2. The predicted molar refractivity (Wildman–Crippen MR) is 105 cm³/mol. The van der Waals surface area contributed by atoms with E-state index in [4.69, 9.17) is 12.2 Å². The number of thiocarbonyl (C=S) groups is 1. The summed E-state index contributed by atoms with van der Waals surface area (Å²) < 4.78 is 26.7. The molecule has 7 heteroatoms. The lowest BCUT2D eigenvalue weighted by Crippen LogP contribution is -2.31. The molecule has 0 heterocycles. The molecule has 0 amide bonds. The number of anilines is 1. The van der Waals surface area contributed by atoms with Crippen LogP contribution in [0.2, 0.25) is 0 Å². The molecule has 0 fully saturated rings. The molecule has 0 aliphatic carbocycles. The Bertz CT molecular complexity index is 654. The molecule has 136 valence electrons. The first-order valence-corrected chi connectivity index (χ1v) is 10.2. The third-order valence-corrected chi connectivity index (χ3v) is 6.10. The van der Waals surface area contributed by atoms with Gasteiger partial charge in [-0.1, -0.05) is 33.8 Å². The Balaban J connectivity index is 2.92. The van der Waals surface area contributed by atoms with E-state index in [2.05, 4.69) is 24.5 Å². The van der Waals surface area contributed by atoms with Gasteiger partial charge in [-0.3, -0.25) is 0 Å². The molecule has 5 nitrogen and oxygen atoms in total. The second kappa shape index (κ2) is 9.34. The minimum absolute atomic E-state index is 0.282. The zero-order valence-electron chi connectivity index (χ0n) is 15.2. The Morgan fingerprint density at radius 1 is 1.25 bits per heavy atom. The smallest absolute Gasteiger partial charge is 0.243 e. The summed E-state index contributed by atoms with van der Waals surface area (Å²) in [5.74, 6) is 0.601. The molecule has 2 N–H and O–H groups in total. The third kappa shape index (κ3) is 5.72. The van der Waals surface area contributed by atoms with Crippen LogP contribution in [0, 0.1) is 12.8 Å². The summed E-state index contributed by atoms with van der Waals surface area (Å²) >= 11 is 5.30. The number of sulfonamides is 1. The normalized spacial score (nSPS) is 11.8. The van der Waals surface area contributed by atoms with Gasteiger partial charge in [-0.05, 0) is 49.2 Å². The summed E-state index contributed by atoms with van der Waals surface area (Å²) in [5, 5.41) is 6.77. The summed E-state index contributed by atoms with van der Waals surface area (Å²) in [4.78, 5) is 0.282. The van der Waals surface area contributed by atoms with Crippen molar-refractivity contribution in [1.82, 2.24) is 9.62 Å². The number of nitrogens with zero attached hydrogens (tertiary/aromatic N) is 1. The quantitative estimate of drug-likeness (QED) is 0.686. The highest BCUT2D eigenvalue weighted by Gasteiger charge is 2.22. The molecule has 0 spiro atoms. The standard InChI is InChI=1S/C17H29N3O2S2/c1-6-20(7-2)24(21,22)15-9-8-14(5)16(12-15)19-17(23)18-11-10-13(3)4/h8-9,12-13H,6-7,10-11H2,1-5H3,(H2,18,19,23). The van der Waals surface area contributed by atoms with Crippen LogP contribution in [0.15, 0.2) is 23.1 Å². The molecule has 0 bridgehead atoms. The van der Waals surface area contributed by atoms with E-state index in [-0.39, 0.29) is 4.90 Å². The molecule has 0 radical (unpaired) electrons. The molecule has 0 aromatic heterocycles. The minimum atomic E-state index is -3.47. The predicted octanol–water partition coefficient (Wildman–Crippen LogP) is 3.36. The molecule has 0 aliphatic heterocycles. The van der Waals surface area contributed by atoms with Crippen LogP contribution < -0.4 is 10.6 Å². The maximum absolute atomic E-state index is 12.6. The summed E-state index contributed by atoms with van der Waals surface area (Å²) in [6, 6.07) is 5.10. The van der Waals surface area contributed by atoms with Gasteiger partial charge in [-0.2, -0.15) is 4.31 Å². The Hall–Kier alpha value is -1.18. The second-order valence-corrected chi connectivity index (χ2v) is 8.48. The van der Waals surface area contributed by atoms with Crippen LogP contribution in [0.25, 0.3) is 0 Å². The highest BCUT2D eigenvalue weighted by atomic mass is 32.2. The molecule has 0 unspecified atom stereocenters. The van der Waals surface area contributed by atoms with Crippen molar-refractivity contribution < 1.29 is 8.42 Å². The second-order valence-electron chi connectivity index (χ2n) is 6.13. The van der Waals surface area contributed by atoms with Crippen LogP contribution >= 0.6 is 12.2 Å². The number of nitrogens with one attached hydrogen (secondary N) is 2. The molecule has 1 aromatic rings. The van der Waals surface area contributed by atoms with Gasteiger partial charge in [0.15, 0.2) is 5.11 Å². The molecule has 1 rings (SSSR count). The number of benzene rings is 1. The van der Waals surface area contributed by atoms with Crippen LogP contribution in [0.1, 0.15) is 39.7 Å². The molecule has 0 saturated carbocycles. The van der Waals surface area contributed by atoms with E-state index in [1.165, 1.54) is 4.31 Å². The van der Waals surface area contributed by atoms with Crippen molar-refractivity contribution in [3.8, 4) is 0 Å². The lowest BCUT2D eigenvalue weighted by atomic mass is 10.1. The molecular weight excluding hydrogens is 342 g/mol. The van der Waals surface area contributed by atoms with Crippen molar-refractivity contribution in [2.45, 2.75) is 45.9 Å². The van der Waals surface area contributed by atoms with Gasteiger partial charge in [0.25, 0.3) is 0 Å². The first-order valence-electron chi connectivity index (χ1n) is 8.38. The molecule has 0 aliphatic rings. The zero-order valence-corrected chi connectivity index (χ0v) is 16.9. The van der Waals surface area contributed by atoms with Gasteiger partial charge in [-0.15, -0.1) is 0 Å². The summed E-state index contributed by atoms with van der Waals surface area (Å²) in [7, 11) is -3.47. The van der Waals surface area contributed by atoms with E-state index in [9.17, 15) is 8.42 Å². The van der Waals surface area contributed by atoms with Gasteiger partial charge in [0.1, 0.15) is 0 Å². The Labute approximate surface area is 151 Å². The highest BCUT2D eigenvalue weighted by Crippen LogP contribution is 2.23. The van der Waals surface area contributed by atoms with E-state index in [1.54, 1.807) is 18.2 Å². The molecule has 24 heavy (non-hydrogen) atoms. The van der Waals surface area contributed by atoms with E-state index < -0.39 is 10.0 Å². The van der Waals surface area contributed by atoms with Gasteiger partial charge >= 0.3 is 0 Å². The topological polar surface area (TPSA) is 61.4 Å². The van der Waals surface area contributed by atoms with E-state index in [0.717, 1.165) is 18.5 Å². The number of aryl methyl sites for hydroxylation is 1. The van der Waals surface area contributed by atoms with E-state index in [1.807, 2.05) is 20.8 Å². The average Bonchev–Trinajstić information content (AvgIpc) is 2.49. The maximum atomic E-state index is 12.6. The van der Waals surface area contributed by atoms with Crippen LogP contribution in [-0.2, 0) is 10.0 Å². The average molecular weight is 372 g/mol. The number of hydrogen-bond donors (Lipinski definition) is 2. The van der Waals surface area contributed by atoms with Gasteiger partial charge in [-0.25, -0.2) is 8.42 Å². The number of hydrogen-bond acceptors (Lipinski definition) is 3. The molecule has 0 atom stereocenters. The lowest BCUT2D eigenvalue weighted by molar-refractivity contribution is 0.445. The fourth-order valence-corrected chi connectivity index (χ4v) is 3.95. The first kappa shape index (κ1) is 20.9. The fourth-order valence-electron chi connectivity index (χ4n) is 2.25. The fraction of sp³-hybridized carbons (Fsp3) is 0.588. The van der Waals surface area contributed by atoms with Gasteiger partial charge in [0.05, 0.1) is 4.90 Å². The van der Waals surface area contributed by atoms with Gasteiger partial charge < -0.3 is 10.6 Å². The lowest BCUT2D eigenvalue weighted by Gasteiger charge is -2.20. The minimum Gasteiger partial charge on any atom is -0.362 e. The van der Waals surface area contributed by atoms with Crippen LogP contribution in [0.4, 0.5) is 5.69 Å². The van der Waals surface area contributed by atoms with E-state index >= 15 is 0 Å². The summed E-state index contributed by atoms with van der Waals surface area (Å²) in [5.41, 5.74) is 1.66. The SMILES string of the molecule is CCN(CC)S(=O)(=O)c1ccc(C)c(NC(=S)NCCC(C)C)c1. The maximum Gasteiger partial charge on any atom is 0.243 e. The van der Waals surface area contributed by atoms with E-state index in [0.29, 0.717) is 29.8 Å². The summed E-state index contributed by atoms with van der Waals surface area (Å²) in [6.07, 6.45) is 1.02. The zero-order chi connectivity index (χ0) is 18.3. The first-order chi connectivity index (χ1) is 11.2. The highest BCUT2D eigenvalue weighted by molar-refractivity contribution is 7.89. The monoisotopic (exact) mass is 371 g/mol. The number of rotatable bonds is 8. The van der Waals surface area contributed by atoms with Crippen LogP contribution in [-0.4, -0.2) is 37.5 Å². The molecule has 0 saturated heterocycles. The van der Waals surface area contributed by atoms with Crippen molar-refractivity contribution in [3.63, 3.8) is 0 Å². The van der Waals surface area contributed by atoms with Gasteiger partial charge in [0.2, 0.25) is 10.0 Å².